The number of halogens is 1. The van der Waals surface area contributed by atoms with Crippen molar-refractivity contribution in [3.8, 4) is 0 Å². The van der Waals surface area contributed by atoms with Crippen LogP contribution in [0, 0.1) is 5.92 Å². The molecule has 0 radical (unpaired) electrons. The largest absolute Gasteiger partial charge is 0.447 e. The zero-order valence-electron chi connectivity index (χ0n) is 30.1. The molecule has 0 aliphatic carbocycles. The number of ether oxygens (including phenoxy) is 2. The van der Waals surface area contributed by atoms with Crippen LogP contribution in [0.1, 0.15) is 63.6 Å². The summed E-state index contributed by atoms with van der Waals surface area (Å²) >= 11 is 0. The minimum absolute atomic E-state index is 0.111. The van der Waals surface area contributed by atoms with E-state index >= 15 is 4.11 Å². The monoisotopic (exact) mass is 703 g/mol. The van der Waals surface area contributed by atoms with Gasteiger partial charge in [-0.05, 0) is 82.5 Å². The highest BCUT2D eigenvalue weighted by Crippen LogP contribution is 2.60. The fraction of sp³-hybridized carbons (Fsp3) is 0.513. The number of carbonyl (C=O) groups excluding carboxylic acids is 3. The summed E-state index contributed by atoms with van der Waals surface area (Å²) < 4.78 is 28.7. The lowest BCUT2D eigenvalue weighted by Crippen LogP contribution is -2.48. The lowest BCUT2D eigenvalue weighted by Gasteiger charge is -2.37. The van der Waals surface area contributed by atoms with E-state index in [2.05, 4.69) is 32.9 Å². The Morgan fingerprint density at radius 2 is 1.84 bits per heavy atom. The molecule has 2 aromatic carbocycles. The average Bonchev–Trinajstić information content (AvgIpc) is 3.70. The molecular weight excluding hydrogens is 654 g/mol. The molecule has 50 heavy (non-hydrogen) atoms. The van der Waals surface area contributed by atoms with Crippen molar-refractivity contribution in [2.45, 2.75) is 96.3 Å². The van der Waals surface area contributed by atoms with Crippen LogP contribution < -0.4 is 9.80 Å². The molecule has 4 aliphatic rings. The van der Waals surface area contributed by atoms with E-state index in [1.54, 1.807) is 22.9 Å². The minimum atomic E-state index is -3.54. The second-order valence-corrected chi connectivity index (χ2v) is 18.9. The first-order valence-corrected chi connectivity index (χ1v) is 20.7. The van der Waals surface area contributed by atoms with Crippen molar-refractivity contribution >= 4 is 37.7 Å². The Kier molecular flexibility index (Phi) is 10.1. The van der Waals surface area contributed by atoms with E-state index < -0.39 is 43.7 Å². The first kappa shape index (κ1) is 36.0. The predicted molar refractivity (Wildman–Crippen MR) is 194 cm³/mol. The number of amides is 3. The third-order valence-corrected chi connectivity index (χ3v) is 13.4. The van der Waals surface area contributed by atoms with E-state index in [0.29, 0.717) is 43.0 Å². The number of hydrogen-bond donors (Lipinski definition) is 1. The van der Waals surface area contributed by atoms with E-state index in [0.717, 1.165) is 29.5 Å². The summed E-state index contributed by atoms with van der Waals surface area (Å²) in [5, 5.41) is 10.3. The molecule has 9 nitrogen and oxygen atoms in total. The van der Waals surface area contributed by atoms with Gasteiger partial charge in [-0.25, -0.2) is 4.79 Å². The number of cyclic esters (lactones) is 1. The number of aliphatic hydroxyl groups is 1. The summed E-state index contributed by atoms with van der Waals surface area (Å²) in [6.45, 7) is 12.4. The van der Waals surface area contributed by atoms with Gasteiger partial charge in [-0.15, -0.1) is 0 Å². The van der Waals surface area contributed by atoms with Crippen LogP contribution in [-0.2, 0) is 37.6 Å². The average molecular weight is 704 g/mol. The Morgan fingerprint density at radius 3 is 2.50 bits per heavy atom. The lowest BCUT2D eigenvalue weighted by atomic mass is 9.82. The first-order chi connectivity index (χ1) is 23.8. The van der Waals surface area contributed by atoms with Crippen LogP contribution in [0.4, 0.5) is 20.3 Å². The summed E-state index contributed by atoms with van der Waals surface area (Å²) in [7, 11) is -3.54. The molecule has 2 fully saturated rings. The van der Waals surface area contributed by atoms with Gasteiger partial charge < -0.3 is 28.5 Å². The van der Waals surface area contributed by atoms with Crippen LogP contribution >= 0.6 is 0 Å². The molecule has 268 valence electrons. The maximum atomic E-state index is 16.6. The maximum Gasteiger partial charge on any atom is 0.414 e. The molecular formula is C39H50FN3O6Si. The van der Waals surface area contributed by atoms with Gasteiger partial charge in [0.15, 0.2) is 5.60 Å². The number of benzene rings is 2. The summed E-state index contributed by atoms with van der Waals surface area (Å²) in [6, 6.07) is 13.0. The zero-order valence-corrected chi connectivity index (χ0v) is 31.1. The first-order valence-electron chi connectivity index (χ1n) is 17.8. The van der Waals surface area contributed by atoms with Gasteiger partial charge in [-0.2, -0.15) is 0 Å². The number of fused-ring (bicyclic) bond motifs is 3. The third kappa shape index (κ3) is 6.55. The highest BCUT2D eigenvalue weighted by atomic mass is 28.4. The number of allylic oxidation sites excluding steroid dienone is 3. The van der Waals surface area contributed by atoms with E-state index in [1.807, 2.05) is 49.4 Å². The number of hydrogen-bond acceptors (Lipinski definition) is 6. The van der Waals surface area contributed by atoms with E-state index in [4.69, 9.17) is 9.47 Å². The number of nitrogens with zero attached hydrogens (tertiary/aromatic N) is 3. The van der Waals surface area contributed by atoms with Gasteiger partial charge in [0.05, 0.1) is 37.4 Å². The van der Waals surface area contributed by atoms with E-state index in [1.165, 1.54) is 10.5 Å². The van der Waals surface area contributed by atoms with Crippen LogP contribution in [0.5, 0.6) is 0 Å². The SMILES string of the molecule is CC(C)=CCC/C(C)=C/CN1C(=O)[C@]2(O[C@H](CC(=O)N3Cc4ccccc4C[C@H]3CO)[C@@H]([Si](C)(C)F)[C@@H]2C)c2cc(N3CCOC3=O)ccc21. The Morgan fingerprint density at radius 1 is 1.10 bits per heavy atom. The summed E-state index contributed by atoms with van der Waals surface area (Å²) in [6.07, 6.45) is 5.10. The smallest absolute Gasteiger partial charge is 0.414 e. The van der Waals surface area contributed by atoms with Gasteiger partial charge >= 0.3 is 6.09 Å². The molecule has 6 rings (SSSR count). The Labute approximate surface area is 295 Å². The van der Waals surface area contributed by atoms with Gasteiger partial charge in [0.25, 0.3) is 5.91 Å². The molecule has 11 heteroatoms. The van der Waals surface area contributed by atoms with Crippen molar-refractivity contribution in [1.82, 2.24) is 4.90 Å². The van der Waals surface area contributed by atoms with Crippen LogP contribution in [0.25, 0.3) is 0 Å². The predicted octanol–water partition coefficient (Wildman–Crippen LogP) is 6.79. The Bertz CT molecular complexity index is 1720. The Hall–Kier alpha value is -3.80. The van der Waals surface area contributed by atoms with Crippen LogP contribution in [0.15, 0.2) is 65.8 Å². The number of rotatable bonds is 10. The summed E-state index contributed by atoms with van der Waals surface area (Å²) in [4.78, 5) is 46.5. The van der Waals surface area contributed by atoms with Gasteiger partial charge in [0.2, 0.25) is 14.3 Å². The van der Waals surface area contributed by atoms with Crippen molar-refractivity contribution in [1.29, 1.82) is 0 Å². The lowest BCUT2D eigenvalue weighted by molar-refractivity contribution is -0.150. The summed E-state index contributed by atoms with van der Waals surface area (Å²) in [5.41, 5.74) is 4.13. The van der Waals surface area contributed by atoms with Crippen molar-refractivity contribution in [3.05, 3.63) is 82.5 Å². The van der Waals surface area contributed by atoms with Crippen molar-refractivity contribution < 1.29 is 33.1 Å². The van der Waals surface area contributed by atoms with Gasteiger partial charge in [0, 0.05) is 35.8 Å². The molecule has 2 saturated heterocycles. The standard InChI is InChI=1S/C39H50FN3O6Si/c1-25(2)10-9-11-26(3)16-17-42-33-15-14-30(41-18-19-48-38(41)47)21-32(33)39(37(42)46)27(4)36(50(5,6)40)34(49-39)22-35(45)43-23-29-13-8-7-12-28(29)20-31(43)24-44/h7-8,10,12-16,21,27,31,34,36,44H,9,11,17-20,22-24H2,1-6H3/b26-16+/t27-,31-,34+,36-,39+/m0/s1. The molecule has 1 spiro atoms. The van der Waals surface area contributed by atoms with Gasteiger partial charge in [-0.1, -0.05) is 54.5 Å². The molecule has 0 bridgehead atoms. The van der Waals surface area contributed by atoms with Crippen molar-refractivity contribution in [3.63, 3.8) is 0 Å². The molecule has 2 aromatic rings. The van der Waals surface area contributed by atoms with E-state index in [9.17, 15) is 19.5 Å². The molecule has 4 aliphatic heterocycles. The second-order valence-electron chi connectivity index (χ2n) is 15.1. The van der Waals surface area contributed by atoms with Crippen LogP contribution in [0.2, 0.25) is 18.6 Å². The molecule has 3 amide bonds. The molecule has 5 atom stereocenters. The topological polar surface area (TPSA) is 99.6 Å². The maximum absolute atomic E-state index is 16.6. The minimum Gasteiger partial charge on any atom is -0.447 e. The van der Waals surface area contributed by atoms with Crippen LogP contribution in [0.3, 0.4) is 0 Å². The second kappa shape index (κ2) is 14.1. The fourth-order valence-electron chi connectivity index (χ4n) is 8.48. The molecule has 0 saturated carbocycles. The molecule has 0 aromatic heterocycles. The normalized spacial score (nSPS) is 26.4. The zero-order chi connectivity index (χ0) is 36.0. The van der Waals surface area contributed by atoms with Gasteiger partial charge in [-0.3, -0.25) is 14.5 Å². The van der Waals surface area contributed by atoms with Crippen molar-refractivity contribution in [2.75, 3.05) is 36.1 Å². The molecule has 4 heterocycles. The van der Waals surface area contributed by atoms with Crippen LogP contribution in [-0.4, -0.2) is 74.8 Å². The Balaban J connectivity index is 1.36. The quantitative estimate of drug-likeness (QED) is 0.166. The van der Waals surface area contributed by atoms with Crippen molar-refractivity contribution in [2.24, 2.45) is 5.92 Å². The molecule has 1 N–H and O–H groups in total. The number of anilines is 2. The fourth-order valence-corrected chi connectivity index (χ4v) is 11.0. The third-order valence-electron chi connectivity index (χ3n) is 11.0. The molecule has 0 unspecified atom stereocenters. The highest BCUT2D eigenvalue weighted by molar-refractivity contribution is 6.72. The summed E-state index contributed by atoms with van der Waals surface area (Å²) in [5.74, 6) is -1.11. The number of carbonyl (C=O) groups is 3. The van der Waals surface area contributed by atoms with E-state index in [-0.39, 0.29) is 31.4 Å². The van der Waals surface area contributed by atoms with Gasteiger partial charge in [0.1, 0.15) is 6.61 Å². The number of aliphatic hydroxyl groups excluding tert-OH is 1. The highest BCUT2D eigenvalue weighted by Gasteiger charge is 2.67.